The minimum Gasteiger partial charge on any atom is -0.462 e. The van der Waals surface area contributed by atoms with Gasteiger partial charge in [-0.2, -0.15) is 0 Å². The molecule has 104 heavy (non-hydrogen) atoms. The quantitative estimate of drug-likeness (QED) is 0.0169. The van der Waals surface area contributed by atoms with Crippen LogP contribution in [-0.2, 0) is 65.4 Å². The molecule has 594 valence electrons. The fraction of sp³-hybridized carbons (Fsp3) is 0.671. The Hall–Kier alpha value is -5.06. The first-order chi connectivity index (χ1) is 50.7. The monoisotopic (exact) mass is 1500 g/mol. The number of allylic oxidation sites excluding steroid dienone is 24. The third-order valence-electron chi connectivity index (χ3n) is 16.3. The van der Waals surface area contributed by atoms with Crippen molar-refractivity contribution in [3.63, 3.8) is 0 Å². The zero-order valence-electron chi connectivity index (χ0n) is 64.9. The lowest BCUT2D eigenvalue weighted by Gasteiger charge is -2.21. The van der Waals surface area contributed by atoms with Gasteiger partial charge in [0.2, 0.25) is 0 Å². The third-order valence-corrected chi connectivity index (χ3v) is 18.2. The molecule has 0 aromatic heterocycles. The Morgan fingerprint density at radius 3 is 0.788 bits per heavy atom. The number of unbranched alkanes of at least 4 members (excludes halogenated alkanes) is 24. The summed E-state index contributed by atoms with van der Waals surface area (Å²) in [7, 11) is -9.98. The van der Waals surface area contributed by atoms with E-state index in [0.29, 0.717) is 25.7 Å². The van der Waals surface area contributed by atoms with E-state index in [9.17, 15) is 43.2 Å². The molecule has 0 aliphatic heterocycles. The maximum Gasteiger partial charge on any atom is 0.472 e. The molecule has 0 aliphatic rings. The molecule has 0 rings (SSSR count). The number of ether oxygens (including phenoxy) is 4. The number of phosphoric ester groups is 2. The molecule has 0 spiro atoms. The molecule has 0 amide bonds. The molecule has 0 fully saturated rings. The SMILES string of the molecule is CC/C=C\C/C=C\C/C=C\C/C=C\C/C=C\CCCCCC(=O)OCC(COP(=O)(O)OCC(O)COP(=O)(O)OCC(COC(=O)CCCCC/C=C\C/C=C\C/C=C\C/C=C\C/C=C\CC)OC(=O)CCCCCCC/C=C\CCCCCC)OC(=O)CCCCCCC/C=C\CCCCCC. The number of carbonyl (C=O) groups is 4. The fourth-order valence-electron chi connectivity index (χ4n) is 10.2. The lowest BCUT2D eigenvalue weighted by atomic mass is 10.1. The highest BCUT2D eigenvalue weighted by atomic mass is 31.2. The summed E-state index contributed by atoms with van der Waals surface area (Å²) in [5, 5.41) is 10.6. The van der Waals surface area contributed by atoms with E-state index in [4.69, 9.17) is 37.0 Å². The Balaban J connectivity index is 5.40. The normalized spacial score (nSPS) is 14.6. The topological polar surface area (TPSA) is 237 Å². The third kappa shape index (κ3) is 75.2. The lowest BCUT2D eigenvalue weighted by molar-refractivity contribution is -0.161. The van der Waals surface area contributed by atoms with Gasteiger partial charge in [-0.25, -0.2) is 9.13 Å². The van der Waals surface area contributed by atoms with E-state index in [-0.39, 0.29) is 25.7 Å². The van der Waals surface area contributed by atoms with E-state index in [1.54, 1.807) is 0 Å². The van der Waals surface area contributed by atoms with Gasteiger partial charge in [0.1, 0.15) is 19.3 Å². The van der Waals surface area contributed by atoms with Gasteiger partial charge in [0.15, 0.2) is 12.2 Å². The average molecular weight is 1500 g/mol. The minimum absolute atomic E-state index is 0.0730. The molecule has 0 bridgehead atoms. The summed E-state index contributed by atoms with van der Waals surface area (Å²) in [6.07, 6.45) is 86.8. The summed E-state index contributed by atoms with van der Waals surface area (Å²) in [6, 6.07) is 0. The van der Waals surface area contributed by atoms with Crippen molar-refractivity contribution in [2.45, 2.75) is 329 Å². The summed E-state index contributed by atoms with van der Waals surface area (Å²) >= 11 is 0. The molecule has 17 nitrogen and oxygen atoms in total. The molecule has 0 heterocycles. The summed E-state index contributed by atoms with van der Waals surface area (Å²) in [5.41, 5.74) is 0. The Kier molecular flexibility index (Phi) is 72.4. The Labute approximate surface area is 630 Å². The van der Waals surface area contributed by atoms with Crippen LogP contribution >= 0.6 is 15.6 Å². The predicted octanol–water partition coefficient (Wildman–Crippen LogP) is 23.4. The van der Waals surface area contributed by atoms with Gasteiger partial charge in [0.05, 0.1) is 26.4 Å². The molecule has 0 saturated carbocycles. The number of carbonyl (C=O) groups excluding carboxylic acids is 4. The van der Waals surface area contributed by atoms with Gasteiger partial charge < -0.3 is 33.8 Å². The second-order valence-corrected chi connectivity index (χ2v) is 29.1. The van der Waals surface area contributed by atoms with Gasteiger partial charge in [0.25, 0.3) is 0 Å². The lowest BCUT2D eigenvalue weighted by Crippen LogP contribution is -2.30. The number of esters is 4. The zero-order chi connectivity index (χ0) is 76.0. The van der Waals surface area contributed by atoms with E-state index in [2.05, 4.69) is 174 Å². The van der Waals surface area contributed by atoms with Crippen molar-refractivity contribution in [3.8, 4) is 0 Å². The first-order valence-electron chi connectivity index (χ1n) is 40.1. The molecule has 4 atom stereocenters. The van der Waals surface area contributed by atoms with Gasteiger partial charge in [0, 0.05) is 25.7 Å². The summed E-state index contributed by atoms with van der Waals surface area (Å²) in [4.78, 5) is 73.0. The second kappa shape index (κ2) is 76.1. The molecule has 0 aromatic carbocycles. The van der Waals surface area contributed by atoms with Gasteiger partial charge >= 0.3 is 39.5 Å². The molecule has 0 saturated heterocycles. The molecule has 0 aromatic rings. The van der Waals surface area contributed by atoms with Crippen LogP contribution in [0, 0.1) is 0 Å². The fourth-order valence-corrected chi connectivity index (χ4v) is 11.8. The Morgan fingerprint density at radius 1 is 0.279 bits per heavy atom. The highest BCUT2D eigenvalue weighted by molar-refractivity contribution is 7.47. The van der Waals surface area contributed by atoms with Crippen molar-refractivity contribution in [2.75, 3.05) is 39.6 Å². The van der Waals surface area contributed by atoms with E-state index < -0.39 is 97.5 Å². The molecular weight excluding hydrogens is 1350 g/mol. The maximum atomic E-state index is 13.1. The first kappa shape index (κ1) is 98.9. The Bertz CT molecular complexity index is 2370. The molecular formula is C85H142O17P2. The predicted molar refractivity (Wildman–Crippen MR) is 427 cm³/mol. The van der Waals surface area contributed by atoms with Crippen molar-refractivity contribution in [1.29, 1.82) is 0 Å². The standard InChI is InChI=1S/C85H142O17P2/c1-5-9-13-17-21-25-29-33-35-37-39-41-43-47-49-53-57-61-65-69-82(87)95-75-80(101-84(89)71-67-63-59-55-51-45-31-27-23-19-15-11-7-3)77-99-103(91,92)97-73-79(86)74-98-104(93,94)100-78-81(102-85(90)72-68-64-60-56-52-46-32-28-24-20-16-12-8-4)76-96-83(88)70-66-62-58-54-50-48-44-42-40-38-36-34-30-26-22-18-14-10-6-2/h9-10,13-14,21-22,25-28,31-36,39-42,47-50,79-81,86H,5-8,11-12,15-20,23-24,29-30,37-38,43-46,51-78H2,1-4H3,(H,91,92)(H,93,94)/b13-9-,14-10-,25-21-,26-22-,31-27-,32-28-,35-33-,36-34-,41-39-,42-40-,49-47-,50-48-. The summed E-state index contributed by atoms with van der Waals surface area (Å²) in [6.45, 7) is 4.52. The van der Waals surface area contributed by atoms with Gasteiger partial charge in [-0.3, -0.25) is 37.3 Å². The largest absolute Gasteiger partial charge is 0.472 e. The van der Waals surface area contributed by atoms with E-state index in [1.165, 1.54) is 51.4 Å². The average Bonchev–Trinajstić information content (AvgIpc) is 0.913. The van der Waals surface area contributed by atoms with Crippen LogP contribution in [0.3, 0.4) is 0 Å². The van der Waals surface area contributed by atoms with Gasteiger partial charge in [-0.15, -0.1) is 0 Å². The molecule has 4 unspecified atom stereocenters. The molecule has 0 radical (unpaired) electrons. The molecule has 0 aliphatic carbocycles. The van der Waals surface area contributed by atoms with Gasteiger partial charge in [-0.05, 0) is 167 Å². The van der Waals surface area contributed by atoms with Crippen LogP contribution in [0.2, 0.25) is 0 Å². The second-order valence-electron chi connectivity index (χ2n) is 26.2. The van der Waals surface area contributed by atoms with Crippen LogP contribution in [-0.4, -0.2) is 96.7 Å². The molecule has 3 N–H and O–H groups in total. The van der Waals surface area contributed by atoms with E-state index in [1.807, 2.05) is 0 Å². The van der Waals surface area contributed by atoms with Crippen LogP contribution in [0.5, 0.6) is 0 Å². The molecule has 19 heteroatoms. The van der Waals surface area contributed by atoms with Crippen LogP contribution in [0.4, 0.5) is 0 Å². The van der Waals surface area contributed by atoms with Crippen molar-refractivity contribution < 1.29 is 80.2 Å². The first-order valence-corrected chi connectivity index (χ1v) is 43.1. The van der Waals surface area contributed by atoms with Crippen LogP contribution < -0.4 is 0 Å². The van der Waals surface area contributed by atoms with Crippen molar-refractivity contribution in [1.82, 2.24) is 0 Å². The zero-order valence-corrected chi connectivity index (χ0v) is 66.7. The number of aliphatic hydroxyl groups excluding tert-OH is 1. The highest BCUT2D eigenvalue weighted by Crippen LogP contribution is 2.45. The van der Waals surface area contributed by atoms with Crippen LogP contribution in [0.1, 0.15) is 310 Å². The van der Waals surface area contributed by atoms with Gasteiger partial charge in [-0.1, -0.05) is 263 Å². The van der Waals surface area contributed by atoms with Crippen molar-refractivity contribution in [2.24, 2.45) is 0 Å². The number of aliphatic hydroxyl groups is 1. The highest BCUT2D eigenvalue weighted by Gasteiger charge is 2.30. The van der Waals surface area contributed by atoms with Crippen LogP contribution in [0.25, 0.3) is 0 Å². The summed E-state index contributed by atoms with van der Waals surface area (Å²) < 4.78 is 68.5. The van der Waals surface area contributed by atoms with Crippen molar-refractivity contribution >= 4 is 39.5 Å². The van der Waals surface area contributed by atoms with Crippen molar-refractivity contribution in [3.05, 3.63) is 146 Å². The number of hydrogen-bond acceptors (Lipinski definition) is 15. The van der Waals surface area contributed by atoms with E-state index in [0.717, 1.165) is 180 Å². The van der Waals surface area contributed by atoms with E-state index >= 15 is 0 Å². The number of hydrogen-bond donors (Lipinski definition) is 3. The smallest absolute Gasteiger partial charge is 0.462 e. The summed E-state index contributed by atoms with van der Waals surface area (Å²) in [5.74, 6) is -2.27. The number of rotatable bonds is 74. The van der Waals surface area contributed by atoms with Crippen LogP contribution in [0.15, 0.2) is 146 Å². The Morgan fingerprint density at radius 2 is 0.500 bits per heavy atom. The number of phosphoric acid groups is 2. The minimum atomic E-state index is -4.99. The maximum absolute atomic E-state index is 13.1.